The summed E-state index contributed by atoms with van der Waals surface area (Å²) in [6.07, 6.45) is 0. The molecule has 0 unspecified atom stereocenters. The van der Waals surface area contributed by atoms with Gasteiger partial charge in [-0.15, -0.1) is 10.2 Å². The van der Waals surface area contributed by atoms with Crippen molar-refractivity contribution in [2.45, 2.75) is 12.8 Å². The summed E-state index contributed by atoms with van der Waals surface area (Å²) in [5.74, 6) is -1.50. The predicted molar refractivity (Wildman–Crippen MR) is 14.4 cm³/mol. The van der Waals surface area contributed by atoms with Gasteiger partial charge in [0.25, 0.3) is 0 Å². The summed E-state index contributed by atoms with van der Waals surface area (Å²) in [5, 5.41) is 5.99. The van der Waals surface area contributed by atoms with E-state index in [0.717, 1.165) is 0 Å². The molecule has 28 valence electrons. The van der Waals surface area contributed by atoms with E-state index < -0.39 is 5.92 Å². The Labute approximate surface area is 28.7 Å². The molecule has 2 nitrogen and oxygen atoms in total. The second kappa shape index (κ2) is 0.398. The molecule has 0 aromatic carbocycles. The summed E-state index contributed by atoms with van der Waals surface area (Å²) in [6.45, 7) is 1.30. The highest BCUT2D eigenvalue weighted by Gasteiger charge is 2.32. The average molecular weight is 74.1 g/mol. The van der Waals surface area contributed by atoms with Crippen molar-refractivity contribution in [3.8, 4) is 0 Å². The van der Waals surface area contributed by atoms with Gasteiger partial charge in [-0.1, -0.05) is 0 Å². The molecule has 0 N–H and O–H groups in total. The number of hydrogen-bond acceptors (Lipinski definition) is 2. The lowest BCUT2D eigenvalue weighted by molar-refractivity contribution is 0.312. The van der Waals surface area contributed by atoms with Gasteiger partial charge in [0.1, 0.15) is 0 Å². The van der Waals surface area contributed by atoms with Crippen LogP contribution in [-0.4, -0.2) is 5.92 Å². The zero-order chi connectivity index (χ0) is 3.91. The zero-order valence-corrected chi connectivity index (χ0v) is 2.77. The van der Waals surface area contributed by atoms with Crippen molar-refractivity contribution < 1.29 is 4.39 Å². The first-order valence-corrected chi connectivity index (χ1v) is 1.34. The molecule has 0 aromatic rings. The van der Waals surface area contributed by atoms with Crippen molar-refractivity contribution >= 4 is 0 Å². The molecular formula is C2H3FN2. The summed E-state index contributed by atoms with van der Waals surface area (Å²) < 4.78 is 11.5. The van der Waals surface area contributed by atoms with Crippen LogP contribution in [0.3, 0.4) is 0 Å². The third-order valence-corrected chi connectivity index (χ3v) is 0.376. The van der Waals surface area contributed by atoms with E-state index in [0.29, 0.717) is 0 Å². The normalized spacial score (nSPS) is 26.8. The molecule has 0 atom stereocenters. The van der Waals surface area contributed by atoms with Crippen LogP contribution in [0, 0.1) is 0 Å². The molecular weight excluding hydrogens is 71.0 g/mol. The highest BCUT2D eigenvalue weighted by molar-refractivity contribution is 4.72. The lowest BCUT2D eigenvalue weighted by Crippen LogP contribution is -1.86. The molecule has 0 saturated carbocycles. The van der Waals surface area contributed by atoms with Gasteiger partial charge in [-0.25, -0.2) is 0 Å². The second-order valence-electron chi connectivity index (χ2n) is 1.11. The van der Waals surface area contributed by atoms with E-state index in [9.17, 15) is 4.39 Å². The van der Waals surface area contributed by atoms with Crippen LogP contribution >= 0.6 is 0 Å². The number of hydrogen-bond donors (Lipinski definition) is 0. The van der Waals surface area contributed by atoms with E-state index in [1.165, 1.54) is 6.92 Å². The molecule has 0 saturated heterocycles. The van der Waals surface area contributed by atoms with Gasteiger partial charge in [0.2, 0.25) is 0 Å². The summed E-state index contributed by atoms with van der Waals surface area (Å²) >= 11 is 0. The smallest absolute Gasteiger partial charge is 0.187 e. The maximum absolute atomic E-state index is 11.5. The van der Waals surface area contributed by atoms with Crippen LogP contribution in [0.4, 0.5) is 4.39 Å². The number of halogens is 1. The molecule has 3 heteroatoms. The quantitative estimate of drug-likeness (QED) is 0.384. The fourth-order valence-corrected chi connectivity index (χ4v) is 0.0689. The van der Waals surface area contributed by atoms with E-state index >= 15 is 0 Å². The summed E-state index contributed by atoms with van der Waals surface area (Å²) in [5.41, 5.74) is 0. The van der Waals surface area contributed by atoms with Crippen LogP contribution in [0.1, 0.15) is 6.92 Å². The van der Waals surface area contributed by atoms with Crippen LogP contribution in [0.5, 0.6) is 0 Å². The van der Waals surface area contributed by atoms with Crippen LogP contribution in [0.15, 0.2) is 10.2 Å². The van der Waals surface area contributed by atoms with Gasteiger partial charge < -0.3 is 0 Å². The van der Waals surface area contributed by atoms with Crippen LogP contribution in [0.2, 0.25) is 0 Å². The van der Waals surface area contributed by atoms with E-state index in [4.69, 9.17) is 0 Å². The fraction of sp³-hybridized carbons (Fsp3) is 1.00. The first-order chi connectivity index (χ1) is 2.21. The van der Waals surface area contributed by atoms with Crippen molar-refractivity contribution in [3.63, 3.8) is 0 Å². The fourth-order valence-electron chi connectivity index (χ4n) is 0.0689. The molecule has 5 heavy (non-hydrogen) atoms. The van der Waals surface area contributed by atoms with Gasteiger partial charge in [0.05, 0.1) is 0 Å². The van der Waals surface area contributed by atoms with E-state index in [1.54, 1.807) is 0 Å². The zero-order valence-electron chi connectivity index (χ0n) is 2.77. The van der Waals surface area contributed by atoms with E-state index in [1.807, 2.05) is 0 Å². The average Bonchev–Trinajstić information content (AvgIpc) is 1.76. The molecule has 1 rings (SSSR count). The van der Waals surface area contributed by atoms with E-state index in [-0.39, 0.29) is 0 Å². The molecule has 0 amide bonds. The summed E-state index contributed by atoms with van der Waals surface area (Å²) in [6, 6.07) is 0. The molecule has 0 radical (unpaired) electrons. The molecule has 1 aliphatic heterocycles. The topological polar surface area (TPSA) is 24.7 Å². The highest BCUT2D eigenvalue weighted by Crippen LogP contribution is 2.27. The number of rotatable bonds is 0. The molecule has 0 aromatic heterocycles. The molecule has 0 bridgehead atoms. The minimum atomic E-state index is -1.50. The van der Waals surface area contributed by atoms with Gasteiger partial charge in [0, 0.05) is 6.92 Å². The Bertz CT molecular complexity index is 67.7. The van der Waals surface area contributed by atoms with Crippen molar-refractivity contribution in [2.24, 2.45) is 10.2 Å². The van der Waals surface area contributed by atoms with Crippen molar-refractivity contribution in [1.82, 2.24) is 0 Å². The lowest BCUT2D eigenvalue weighted by Gasteiger charge is -1.74. The predicted octanol–water partition coefficient (Wildman–Crippen LogP) is 1.10. The number of nitrogens with zero attached hydrogens (tertiary/aromatic N) is 2. The van der Waals surface area contributed by atoms with Gasteiger partial charge in [-0.3, -0.25) is 0 Å². The molecule has 0 spiro atoms. The Hall–Kier alpha value is -0.470. The van der Waals surface area contributed by atoms with Crippen molar-refractivity contribution in [1.29, 1.82) is 0 Å². The summed E-state index contributed by atoms with van der Waals surface area (Å²) in [4.78, 5) is 0. The Balaban J connectivity index is 2.47. The second-order valence-corrected chi connectivity index (χ2v) is 1.11. The standard InChI is InChI=1S/C2H3FN2/c1-2(3)4-5-2/h1H3. The Morgan fingerprint density at radius 2 is 1.80 bits per heavy atom. The first kappa shape index (κ1) is 2.75. The maximum atomic E-state index is 11.5. The van der Waals surface area contributed by atoms with Gasteiger partial charge in [0.15, 0.2) is 0 Å². The molecule has 1 aliphatic rings. The SMILES string of the molecule is CC1(F)N=N1. The van der Waals surface area contributed by atoms with E-state index in [2.05, 4.69) is 10.2 Å². The molecule has 0 fully saturated rings. The van der Waals surface area contributed by atoms with Crippen LogP contribution in [-0.2, 0) is 0 Å². The molecule has 1 heterocycles. The lowest BCUT2D eigenvalue weighted by atomic mass is 10.7. The Morgan fingerprint density at radius 3 is 1.80 bits per heavy atom. The monoisotopic (exact) mass is 74.0 g/mol. The van der Waals surface area contributed by atoms with Crippen LogP contribution < -0.4 is 0 Å². The Kier molecular flexibility index (Phi) is 0.219. The largest absolute Gasteiger partial charge is 0.325 e. The minimum Gasteiger partial charge on any atom is -0.187 e. The third-order valence-electron chi connectivity index (χ3n) is 0.376. The van der Waals surface area contributed by atoms with Gasteiger partial charge >= 0.3 is 5.92 Å². The van der Waals surface area contributed by atoms with Gasteiger partial charge in [-0.2, -0.15) is 4.39 Å². The third kappa shape index (κ3) is 0.403. The van der Waals surface area contributed by atoms with Crippen molar-refractivity contribution in [2.75, 3.05) is 0 Å². The highest BCUT2D eigenvalue weighted by atomic mass is 19.2. The first-order valence-electron chi connectivity index (χ1n) is 1.34. The number of alkyl halides is 1. The van der Waals surface area contributed by atoms with Gasteiger partial charge in [-0.05, 0) is 0 Å². The maximum Gasteiger partial charge on any atom is 0.325 e. The Morgan fingerprint density at radius 1 is 1.60 bits per heavy atom. The summed E-state index contributed by atoms with van der Waals surface area (Å²) in [7, 11) is 0. The van der Waals surface area contributed by atoms with Crippen LogP contribution in [0.25, 0.3) is 0 Å². The minimum absolute atomic E-state index is 1.30. The van der Waals surface area contributed by atoms with Crippen molar-refractivity contribution in [3.05, 3.63) is 0 Å². The molecule has 0 aliphatic carbocycles.